The van der Waals surface area contributed by atoms with E-state index in [-0.39, 0.29) is 5.97 Å². The van der Waals surface area contributed by atoms with Crippen LogP contribution in [0.3, 0.4) is 0 Å². The van der Waals surface area contributed by atoms with E-state index in [9.17, 15) is 4.79 Å². The number of nitrogens with two attached hydrogens (primary N) is 1. The predicted molar refractivity (Wildman–Crippen MR) is 81.2 cm³/mol. The van der Waals surface area contributed by atoms with E-state index in [1.54, 1.807) is 0 Å². The van der Waals surface area contributed by atoms with Crippen molar-refractivity contribution >= 4 is 5.97 Å². The van der Waals surface area contributed by atoms with Gasteiger partial charge in [0.1, 0.15) is 11.6 Å². The molecule has 0 aliphatic rings. The smallest absolute Gasteiger partial charge is 0.323 e. The quantitative estimate of drug-likeness (QED) is 0.593. The van der Waals surface area contributed by atoms with E-state index >= 15 is 0 Å². The first-order valence-electron chi connectivity index (χ1n) is 7.11. The fraction of sp³-hybridized carbons (Fsp3) is 0.562. The Labute approximate surface area is 121 Å². The third-order valence-corrected chi connectivity index (χ3v) is 2.75. The van der Waals surface area contributed by atoms with Crippen molar-refractivity contribution in [2.45, 2.75) is 51.8 Å². The van der Waals surface area contributed by atoms with Gasteiger partial charge in [0.15, 0.2) is 0 Å². The van der Waals surface area contributed by atoms with Gasteiger partial charge in [0.05, 0.1) is 0 Å². The summed E-state index contributed by atoms with van der Waals surface area (Å²) < 4.78 is 5.24. The summed E-state index contributed by atoms with van der Waals surface area (Å²) in [6, 6.07) is 9.68. The molecule has 112 valence electrons. The Kier molecular flexibility index (Phi) is 6.68. The third kappa shape index (κ3) is 7.26. The number of ether oxygens (including phenoxy) is 1. The van der Waals surface area contributed by atoms with E-state index in [1.807, 2.05) is 39.0 Å². The van der Waals surface area contributed by atoms with Crippen molar-refractivity contribution in [1.82, 2.24) is 5.32 Å². The summed E-state index contributed by atoms with van der Waals surface area (Å²) in [4.78, 5) is 11.7. The number of nitrogens with one attached hydrogen (secondary N) is 1. The van der Waals surface area contributed by atoms with Crippen LogP contribution in [0, 0.1) is 0 Å². The molecule has 0 aliphatic heterocycles. The zero-order chi connectivity index (χ0) is 15.0. The minimum Gasteiger partial charge on any atom is -0.459 e. The fourth-order valence-corrected chi connectivity index (χ4v) is 1.77. The maximum Gasteiger partial charge on any atom is 0.323 e. The molecular formula is C16H26N2O2. The number of hydrogen-bond donors (Lipinski definition) is 2. The highest BCUT2D eigenvalue weighted by molar-refractivity contribution is 5.75. The van der Waals surface area contributed by atoms with Crippen molar-refractivity contribution in [3.8, 4) is 0 Å². The molecule has 0 spiro atoms. The molecule has 4 nitrogen and oxygen atoms in total. The highest BCUT2D eigenvalue weighted by atomic mass is 16.6. The number of hydrogen-bond acceptors (Lipinski definition) is 4. The lowest BCUT2D eigenvalue weighted by molar-refractivity contribution is -0.156. The lowest BCUT2D eigenvalue weighted by Crippen LogP contribution is -2.37. The van der Waals surface area contributed by atoms with Crippen LogP contribution in [0.5, 0.6) is 0 Å². The summed E-state index contributed by atoms with van der Waals surface area (Å²) in [7, 11) is 0. The van der Waals surface area contributed by atoms with Crippen LogP contribution in [-0.2, 0) is 16.1 Å². The van der Waals surface area contributed by atoms with E-state index < -0.39 is 11.6 Å². The Morgan fingerprint density at radius 1 is 1.30 bits per heavy atom. The van der Waals surface area contributed by atoms with Gasteiger partial charge < -0.3 is 15.8 Å². The molecule has 1 aromatic rings. The van der Waals surface area contributed by atoms with E-state index in [0.717, 1.165) is 19.5 Å². The number of esters is 1. The molecule has 1 aromatic carbocycles. The van der Waals surface area contributed by atoms with Gasteiger partial charge in [-0.15, -0.1) is 0 Å². The normalized spacial score (nSPS) is 13.0. The number of rotatable bonds is 7. The molecule has 0 radical (unpaired) electrons. The molecule has 0 aromatic heterocycles. The van der Waals surface area contributed by atoms with Crippen LogP contribution >= 0.6 is 0 Å². The van der Waals surface area contributed by atoms with Gasteiger partial charge in [-0.05, 0) is 45.7 Å². The average molecular weight is 278 g/mol. The van der Waals surface area contributed by atoms with Crippen molar-refractivity contribution < 1.29 is 9.53 Å². The second-order valence-electron chi connectivity index (χ2n) is 5.94. The van der Waals surface area contributed by atoms with Gasteiger partial charge in [0.25, 0.3) is 0 Å². The molecule has 0 fully saturated rings. The first kappa shape index (κ1) is 16.7. The highest BCUT2D eigenvalue weighted by Crippen LogP contribution is 2.09. The molecule has 20 heavy (non-hydrogen) atoms. The van der Waals surface area contributed by atoms with Crippen LogP contribution in [0.4, 0.5) is 0 Å². The summed E-state index contributed by atoms with van der Waals surface area (Å²) in [6.07, 6.45) is 1.49. The van der Waals surface area contributed by atoms with Crippen LogP contribution in [-0.4, -0.2) is 24.2 Å². The Morgan fingerprint density at radius 3 is 2.55 bits per heavy atom. The van der Waals surface area contributed by atoms with Gasteiger partial charge >= 0.3 is 5.97 Å². The molecular weight excluding hydrogens is 252 g/mol. The predicted octanol–water partition coefficient (Wildman–Crippen LogP) is 2.23. The summed E-state index contributed by atoms with van der Waals surface area (Å²) in [5, 5.41) is 3.34. The van der Waals surface area contributed by atoms with Crippen LogP contribution in [0.15, 0.2) is 30.3 Å². The van der Waals surface area contributed by atoms with Gasteiger partial charge in [-0.2, -0.15) is 0 Å². The van der Waals surface area contributed by atoms with Crippen molar-refractivity contribution in [2.24, 2.45) is 5.73 Å². The van der Waals surface area contributed by atoms with Crippen molar-refractivity contribution in [3.63, 3.8) is 0 Å². The largest absolute Gasteiger partial charge is 0.459 e. The van der Waals surface area contributed by atoms with Gasteiger partial charge in [0.2, 0.25) is 0 Å². The van der Waals surface area contributed by atoms with Crippen molar-refractivity contribution in [3.05, 3.63) is 35.9 Å². The number of carbonyl (C=O) groups excluding carboxylic acids is 1. The maximum atomic E-state index is 11.7. The zero-order valence-corrected chi connectivity index (χ0v) is 12.7. The van der Waals surface area contributed by atoms with Gasteiger partial charge in [-0.3, -0.25) is 4.79 Å². The van der Waals surface area contributed by atoms with E-state index in [1.165, 1.54) is 5.56 Å². The summed E-state index contributed by atoms with van der Waals surface area (Å²) >= 11 is 0. The number of benzene rings is 1. The minimum atomic E-state index is -0.534. The lowest BCUT2D eigenvalue weighted by atomic mass is 10.1. The second kappa shape index (κ2) is 8.02. The molecule has 0 amide bonds. The third-order valence-electron chi connectivity index (χ3n) is 2.75. The molecule has 1 unspecified atom stereocenters. The van der Waals surface area contributed by atoms with Gasteiger partial charge in [-0.25, -0.2) is 0 Å². The Morgan fingerprint density at radius 2 is 1.95 bits per heavy atom. The van der Waals surface area contributed by atoms with E-state index in [4.69, 9.17) is 10.5 Å². The zero-order valence-electron chi connectivity index (χ0n) is 12.7. The first-order valence-corrected chi connectivity index (χ1v) is 7.11. The van der Waals surface area contributed by atoms with Crippen molar-refractivity contribution in [2.75, 3.05) is 6.54 Å². The molecule has 4 heteroatoms. The maximum absolute atomic E-state index is 11.7. The second-order valence-corrected chi connectivity index (χ2v) is 5.94. The molecule has 1 rings (SSSR count). The van der Waals surface area contributed by atoms with E-state index in [2.05, 4.69) is 17.4 Å². The molecule has 0 saturated carbocycles. The summed E-state index contributed by atoms with van der Waals surface area (Å²) in [5.41, 5.74) is 6.60. The van der Waals surface area contributed by atoms with Crippen molar-refractivity contribution in [1.29, 1.82) is 0 Å². The Bertz CT molecular complexity index is 399. The topological polar surface area (TPSA) is 64.3 Å². The molecule has 0 aliphatic carbocycles. The highest BCUT2D eigenvalue weighted by Gasteiger charge is 2.21. The Hall–Kier alpha value is -1.39. The minimum absolute atomic E-state index is 0.319. The average Bonchev–Trinajstić information content (AvgIpc) is 2.37. The molecule has 1 atom stereocenters. The fourth-order valence-electron chi connectivity index (χ4n) is 1.77. The van der Waals surface area contributed by atoms with Crippen LogP contribution in [0.1, 0.15) is 39.2 Å². The van der Waals surface area contributed by atoms with Crippen LogP contribution in [0.25, 0.3) is 0 Å². The lowest BCUT2D eigenvalue weighted by Gasteiger charge is -2.22. The first-order chi connectivity index (χ1) is 9.38. The molecule has 3 N–H and O–H groups in total. The van der Waals surface area contributed by atoms with Crippen LogP contribution < -0.4 is 11.1 Å². The van der Waals surface area contributed by atoms with Gasteiger partial charge in [0, 0.05) is 6.54 Å². The molecule has 0 heterocycles. The monoisotopic (exact) mass is 278 g/mol. The standard InChI is InChI=1S/C16H26N2O2/c1-16(2,3)20-15(19)14(17)10-7-11-18-12-13-8-5-4-6-9-13/h4-6,8-9,14,18H,7,10-12,17H2,1-3H3. The SMILES string of the molecule is CC(C)(C)OC(=O)C(N)CCCNCc1ccccc1. The van der Waals surface area contributed by atoms with Crippen LogP contribution in [0.2, 0.25) is 0 Å². The summed E-state index contributed by atoms with van der Waals surface area (Å²) in [6.45, 7) is 7.21. The summed E-state index contributed by atoms with van der Waals surface area (Å²) in [5.74, 6) is -0.319. The Balaban J connectivity index is 2.13. The van der Waals surface area contributed by atoms with Gasteiger partial charge in [-0.1, -0.05) is 30.3 Å². The molecule has 0 saturated heterocycles. The molecule has 0 bridgehead atoms. The number of carbonyl (C=O) groups is 1. The van der Waals surface area contributed by atoms with E-state index in [0.29, 0.717) is 6.42 Å².